The van der Waals surface area contributed by atoms with Crippen LogP contribution in [0.25, 0.3) is 9.69 Å². The van der Waals surface area contributed by atoms with Crippen molar-refractivity contribution in [1.82, 2.24) is 0 Å². The lowest BCUT2D eigenvalue weighted by Gasteiger charge is -2.18. The van der Waals surface area contributed by atoms with Crippen LogP contribution in [0.2, 0.25) is 0 Å². The Kier molecular flexibility index (Phi) is 11.6. The molecular weight excluding hydrogens is 390 g/mol. The molecule has 3 nitrogen and oxygen atoms in total. The Morgan fingerprint density at radius 1 is 0.656 bits per heavy atom. The number of anilines is 1. The molecule has 0 heterocycles. The minimum absolute atomic E-state index is 0.412. The predicted molar refractivity (Wildman–Crippen MR) is 140 cm³/mol. The molecule has 0 atom stereocenters. The Hall–Kier alpha value is -2.78. The fourth-order valence-corrected chi connectivity index (χ4v) is 3.23. The van der Waals surface area contributed by atoms with Crippen LogP contribution in [-0.4, -0.2) is 6.54 Å². The zero-order chi connectivity index (χ0) is 24.0. The fraction of sp³-hybridized carbons (Fsp3) is 0.517. The zero-order valence-corrected chi connectivity index (χ0v) is 21.0. The van der Waals surface area contributed by atoms with Gasteiger partial charge in [0, 0.05) is 12.2 Å². The Labute approximate surface area is 196 Å². The van der Waals surface area contributed by atoms with Gasteiger partial charge in [-0.2, -0.15) is 0 Å². The maximum atomic E-state index is 6.88. The predicted octanol–water partition coefficient (Wildman–Crippen LogP) is 9.47. The normalized spacial score (nSPS) is 11.0. The van der Waals surface area contributed by atoms with Gasteiger partial charge in [-0.15, -0.1) is 0 Å². The Morgan fingerprint density at radius 2 is 1.12 bits per heavy atom. The number of nitrogens with one attached hydrogen (secondary N) is 1. The second-order valence-electron chi connectivity index (χ2n) is 10.8. The van der Waals surface area contributed by atoms with Gasteiger partial charge in [-0.1, -0.05) is 89.9 Å². The lowest BCUT2D eigenvalue weighted by molar-refractivity contribution is 0.360. The molecule has 0 unspecified atom stereocenters. The summed E-state index contributed by atoms with van der Waals surface area (Å²) in [6, 6.07) is 15.6. The van der Waals surface area contributed by atoms with Crippen LogP contribution in [0.5, 0.6) is 0 Å². The third-order valence-corrected chi connectivity index (χ3v) is 5.14. The largest absolute Gasteiger partial charge is 0.385 e. The van der Waals surface area contributed by atoms with Crippen LogP contribution in [-0.2, 0) is 6.42 Å². The van der Waals surface area contributed by atoms with E-state index in [1.54, 1.807) is 0 Å². The van der Waals surface area contributed by atoms with Gasteiger partial charge >= 0.3 is 0 Å². The van der Waals surface area contributed by atoms with E-state index in [9.17, 15) is 0 Å². The third kappa shape index (κ3) is 13.5. The minimum atomic E-state index is 0.412. The summed E-state index contributed by atoms with van der Waals surface area (Å²) >= 11 is 0. The molecule has 0 fully saturated rings. The summed E-state index contributed by atoms with van der Waals surface area (Å²) in [5.41, 5.74) is 4.74. The highest BCUT2D eigenvalue weighted by Gasteiger charge is 2.09. The molecule has 0 aliphatic heterocycles. The molecule has 32 heavy (non-hydrogen) atoms. The molecule has 172 valence electrons. The molecule has 0 spiro atoms. The molecule has 1 N–H and O–H groups in total. The van der Waals surface area contributed by atoms with E-state index in [0.717, 1.165) is 24.3 Å². The molecule has 2 aromatic rings. The number of benzene rings is 2. The van der Waals surface area contributed by atoms with Crippen LogP contribution in [0.4, 0.5) is 17.1 Å². The van der Waals surface area contributed by atoms with E-state index in [1.807, 2.05) is 36.4 Å². The van der Waals surface area contributed by atoms with Gasteiger partial charge in [0.05, 0.1) is 13.1 Å². The van der Waals surface area contributed by atoms with Crippen molar-refractivity contribution in [2.75, 3.05) is 11.9 Å². The van der Waals surface area contributed by atoms with Crippen molar-refractivity contribution in [3.05, 3.63) is 76.9 Å². The smallest absolute Gasteiger partial charge is 0.187 e. The molecule has 0 aromatic heterocycles. The van der Waals surface area contributed by atoms with Crippen LogP contribution in [0.1, 0.15) is 79.2 Å². The molecule has 0 amide bonds. The summed E-state index contributed by atoms with van der Waals surface area (Å²) in [5.74, 6) is 0. The Bertz CT molecular complexity index is 776. The molecule has 0 aliphatic rings. The molecule has 0 saturated carbocycles. The molecule has 0 saturated heterocycles. The molecule has 0 aliphatic carbocycles. The summed E-state index contributed by atoms with van der Waals surface area (Å²) < 4.78 is 0. The number of rotatable bonds is 8. The van der Waals surface area contributed by atoms with E-state index in [0.29, 0.717) is 16.5 Å². The van der Waals surface area contributed by atoms with E-state index in [-0.39, 0.29) is 0 Å². The second-order valence-corrected chi connectivity index (χ2v) is 10.8. The number of aryl methyl sites for hydroxylation is 1. The molecular formula is C29H41N3. The average Bonchev–Trinajstić information content (AvgIpc) is 2.74. The molecule has 2 aromatic carbocycles. The maximum absolute atomic E-state index is 6.88. The lowest BCUT2D eigenvalue weighted by atomic mass is 9.89. The number of unbranched alkanes of at least 4 members (excludes halogenated alkanes) is 1. The van der Waals surface area contributed by atoms with Crippen molar-refractivity contribution in [2.45, 2.75) is 80.1 Å². The van der Waals surface area contributed by atoms with Gasteiger partial charge in [0.2, 0.25) is 0 Å². The zero-order valence-electron chi connectivity index (χ0n) is 21.0. The van der Waals surface area contributed by atoms with Gasteiger partial charge in [0.1, 0.15) is 0 Å². The van der Waals surface area contributed by atoms with Crippen LogP contribution in [0.15, 0.2) is 48.5 Å². The first-order chi connectivity index (χ1) is 15.0. The molecule has 3 heteroatoms. The maximum Gasteiger partial charge on any atom is 0.187 e. The summed E-state index contributed by atoms with van der Waals surface area (Å²) in [4.78, 5) is 6.75. The highest BCUT2D eigenvalue weighted by molar-refractivity contribution is 5.54. The second kappa shape index (κ2) is 13.6. The first kappa shape index (κ1) is 27.3. The summed E-state index contributed by atoms with van der Waals surface area (Å²) in [6.45, 7) is 28.4. The summed E-state index contributed by atoms with van der Waals surface area (Å²) in [7, 11) is 0. The van der Waals surface area contributed by atoms with Crippen LogP contribution < -0.4 is 5.32 Å². The summed E-state index contributed by atoms with van der Waals surface area (Å²) in [6.07, 6.45) is 7.35. The molecule has 0 radical (unpaired) electrons. The van der Waals surface area contributed by atoms with Gasteiger partial charge in [-0.05, 0) is 55.1 Å². The van der Waals surface area contributed by atoms with Crippen molar-refractivity contribution in [1.29, 1.82) is 0 Å². The topological polar surface area (TPSA) is 20.8 Å². The number of hydrogen-bond acceptors (Lipinski definition) is 1. The SMILES string of the molecule is [C-]#[N+]c1ccc(CCCCC(C)(C)C)cc1.[C-]#[N+]c1ccc(NCCCC(C)(C)C)cc1. The van der Waals surface area contributed by atoms with Gasteiger partial charge in [0.15, 0.2) is 11.4 Å². The molecule has 2 rings (SSSR count). The van der Waals surface area contributed by atoms with E-state index in [4.69, 9.17) is 13.1 Å². The van der Waals surface area contributed by atoms with E-state index < -0.39 is 0 Å². The number of hydrogen-bond donors (Lipinski definition) is 1. The van der Waals surface area contributed by atoms with Crippen molar-refractivity contribution in [3.63, 3.8) is 0 Å². The third-order valence-electron chi connectivity index (χ3n) is 5.14. The first-order valence-corrected chi connectivity index (χ1v) is 11.7. The lowest BCUT2D eigenvalue weighted by Crippen LogP contribution is -2.09. The van der Waals surface area contributed by atoms with Crippen molar-refractivity contribution in [3.8, 4) is 0 Å². The van der Waals surface area contributed by atoms with Crippen molar-refractivity contribution < 1.29 is 0 Å². The van der Waals surface area contributed by atoms with E-state index >= 15 is 0 Å². The van der Waals surface area contributed by atoms with Gasteiger partial charge < -0.3 is 5.32 Å². The first-order valence-electron chi connectivity index (χ1n) is 11.7. The highest BCUT2D eigenvalue weighted by Crippen LogP contribution is 2.23. The standard InChI is InChI=1S/C15H21N.C14H20N2/c1-15(2,3)12-6-5-7-13-8-10-14(16-4)11-9-13;1-14(2,3)10-5-11-16-13-8-6-12(15-4)7-9-13/h8-11H,5-7,12H2,1-3H3;6-9,16H,5,10-11H2,1-3H3. The average molecular weight is 432 g/mol. The van der Waals surface area contributed by atoms with Crippen molar-refractivity contribution >= 4 is 17.1 Å². The Morgan fingerprint density at radius 3 is 1.59 bits per heavy atom. The van der Waals surface area contributed by atoms with Gasteiger partial charge in [0.25, 0.3) is 0 Å². The quantitative estimate of drug-likeness (QED) is 0.326. The monoisotopic (exact) mass is 431 g/mol. The minimum Gasteiger partial charge on any atom is -0.385 e. The van der Waals surface area contributed by atoms with Crippen LogP contribution in [0.3, 0.4) is 0 Å². The number of nitrogens with zero attached hydrogens (tertiary/aromatic N) is 2. The summed E-state index contributed by atoms with van der Waals surface area (Å²) in [5, 5.41) is 3.37. The van der Waals surface area contributed by atoms with E-state index in [2.05, 4.69) is 68.7 Å². The van der Waals surface area contributed by atoms with Crippen LogP contribution >= 0.6 is 0 Å². The Balaban J connectivity index is 0.000000320. The highest BCUT2D eigenvalue weighted by atomic mass is 14.9. The van der Waals surface area contributed by atoms with E-state index in [1.165, 1.54) is 37.7 Å². The van der Waals surface area contributed by atoms with Crippen molar-refractivity contribution in [2.24, 2.45) is 10.8 Å². The van der Waals surface area contributed by atoms with Gasteiger partial charge in [-0.3, -0.25) is 0 Å². The fourth-order valence-electron chi connectivity index (χ4n) is 3.23. The van der Waals surface area contributed by atoms with Gasteiger partial charge in [-0.25, -0.2) is 9.69 Å². The van der Waals surface area contributed by atoms with Crippen LogP contribution in [0, 0.1) is 24.0 Å². The molecule has 0 bridgehead atoms.